The third-order valence-electron chi connectivity index (χ3n) is 5.56. The fourth-order valence-electron chi connectivity index (χ4n) is 3.66. The van der Waals surface area contributed by atoms with Crippen molar-refractivity contribution in [2.75, 3.05) is 13.7 Å². The maximum atomic E-state index is 13.1. The second-order valence-electron chi connectivity index (χ2n) is 7.78. The number of hydrogen-bond donors (Lipinski definition) is 1. The van der Waals surface area contributed by atoms with Crippen molar-refractivity contribution in [1.29, 1.82) is 0 Å². The fraction of sp³-hybridized carbons (Fsp3) is 0.417. The van der Waals surface area contributed by atoms with Crippen molar-refractivity contribution >= 4 is 27.7 Å². The molecule has 0 radical (unpaired) electrons. The summed E-state index contributed by atoms with van der Waals surface area (Å²) in [5, 5.41) is 3.10. The number of hydrogen-bond acceptors (Lipinski definition) is 4. The average molecular weight is 489 g/mol. The molecule has 0 bridgehead atoms. The fourth-order valence-corrected chi connectivity index (χ4v) is 3.93. The summed E-state index contributed by atoms with van der Waals surface area (Å²) < 4.78 is 11.8. The smallest absolute Gasteiger partial charge is 0.261 e. The van der Waals surface area contributed by atoms with Crippen molar-refractivity contribution in [1.82, 2.24) is 10.2 Å². The van der Waals surface area contributed by atoms with Crippen LogP contribution in [0.15, 0.2) is 53.0 Å². The number of rotatable bonds is 9. The van der Waals surface area contributed by atoms with Gasteiger partial charge in [0.2, 0.25) is 5.91 Å². The molecule has 0 spiro atoms. The van der Waals surface area contributed by atoms with Crippen LogP contribution in [0.2, 0.25) is 0 Å². The number of ether oxygens (including phenoxy) is 2. The topological polar surface area (TPSA) is 67.9 Å². The minimum atomic E-state index is -0.608. The van der Waals surface area contributed by atoms with Gasteiger partial charge in [0.15, 0.2) is 6.61 Å². The number of halogens is 1. The summed E-state index contributed by atoms with van der Waals surface area (Å²) in [5.74, 6) is 0.974. The highest BCUT2D eigenvalue weighted by Crippen LogP contribution is 2.20. The molecule has 1 atom stereocenters. The van der Waals surface area contributed by atoms with E-state index >= 15 is 0 Å². The standard InChI is InChI=1S/C24H29BrN2O4/c1-17(24(29)26-20-5-3-4-6-20)27(15-18-7-11-21(30-2)12-8-18)23(28)16-31-22-13-9-19(25)10-14-22/h7-14,17,20H,3-6,15-16H2,1-2H3,(H,26,29)/t17-/m0/s1. The highest BCUT2D eigenvalue weighted by molar-refractivity contribution is 9.10. The first-order valence-electron chi connectivity index (χ1n) is 10.6. The molecule has 0 heterocycles. The lowest BCUT2D eigenvalue weighted by atomic mass is 10.1. The molecule has 6 nitrogen and oxygen atoms in total. The second-order valence-corrected chi connectivity index (χ2v) is 8.69. The first-order chi connectivity index (χ1) is 15.0. The maximum absolute atomic E-state index is 13.1. The quantitative estimate of drug-likeness (QED) is 0.570. The lowest BCUT2D eigenvalue weighted by molar-refractivity contribution is -0.142. The zero-order chi connectivity index (χ0) is 22.2. The summed E-state index contributed by atoms with van der Waals surface area (Å²) in [4.78, 5) is 27.5. The van der Waals surface area contributed by atoms with Gasteiger partial charge in [-0.15, -0.1) is 0 Å². The Bertz CT molecular complexity index is 864. The molecular formula is C24H29BrN2O4. The Balaban J connectivity index is 1.70. The third kappa shape index (κ3) is 6.72. The molecule has 0 aliphatic heterocycles. The summed E-state index contributed by atoms with van der Waals surface area (Å²) in [6, 6.07) is 14.4. The van der Waals surface area contributed by atoms with Gasteiger partial charge in [0.25, 0.3) is 5.91 Å². The number of amides is 2. The maximum Gasteiger partial charge on any atom is 0.261 e. The van der Waals surface area contributed by atoms with Gasteiger partial charge in [-0.3, -0.25) is 9.59 Å². The number of methoxy groups -OCH3 is 1. The van der Waals surface area contributed by atoms with Crippen LogP contribution < -0.4 is 14.8 Å². The van der Waals surface area contributed by atoms with Gasteiger partial charge in [0.1, 0.15) is 17.5 Å². The van der Waals surface area contributed by atoms with Crippen LogP contribution in [0.5, 0.6) is 11.5 Å². The van der Waals surface area contributed by atoms with Crippen LogP contribution in [-0.4, -0.2) is 42.5 Å². The number of benzene rings is 2. The predicted octanol–water partition coefficient (Wildman–Crippen LogP) is 4.31. The van der Waals surface area contributed by atoms with E-state index in [0.717, 1.165) is 41.5 Å². The molecule has 2 amide bonds. The third-order valence-corrected chi connectivity index (χ3v) is 6.09. The van der Waals surface area contributed by atoms with Gasteiger partial charge in [-0.25, -0.2) is 0 Å². The first-order valence-corrected chi connectivity index (χ1v) is 11.4. The van der Waals surface area contributed by atoms with E-state index in [2.05, 4.69) is 21.2 Å². The molecule has 1 fully saturated rings. The van der Waals surface area contributed by atoms with E-state index < -0.39 is 6.04 Å². The SMILES string of the molecule is COc1ccc(CN(C(=O)COc2ccc(Br)cc2)[C@@H](C)C(=O)NC2CCCC2)cc1. The van der Waals surface area contributed by atoms with Gasteiger partial charge < -0.3 is 19.7 Å². The number of nitrogens with one attached hydrogen (secondary N) is 1. The normalized spacial score (nSPS) is 14.7. The van der Waals surface area contributed by atoms with E-state index in [1.165, 1.54) is 0 Å². The number of carbonyl (C=O) groups excluding carboxylic acids is 2. The van der Waals surface area contributed by atoms with Gasteiger partial charge in [-0.1, -0.05) is 40.9 Å². The van der Waals surface area contributed by atoms with Crippen molar-refractivity contribution in [3.63, 3.8) is 0 Å². The molecule has 1 saturated carbocycles. The molecule has 0 unspecified atom stereocenters. The highest BCUT2D eigenvalue weighted by atomic mass is 79.9. The monoisotopic (exact) mass is 488 g/mol. The number of nitrogens with zero attached hydrogens (tertiary/aromatic N) is 1. The Labute approximate surface area is 192 Å². The molecule has 3 rings (SSSR count). The van der Waals surface area contributed by atoms with Crippen LogP contribution in [0.4, 0.5) is 0 Å². The molecule has 1 aliphatic rings. The van der Waals surface area contributed by atoms with E-state index in [0.29, 0.717) is 12.3 Å². The molecule has 1 aliphatic carbocycles. The minimum absolute atomic E-state index is 0.127. The molecule has 0 aromatic heterocycles. The summed E-state index contributed by atoms with van der Waals surface area (Å²) in [7, 11) is 1.61. The van der Waals surface area contributed by atoms with Gasteiger partial charge >= 0.3 is 0 Å². The first kappa shape index (κ1) is 23.1. The molecular weight excluding hydrogens is 460 g/mol. The zero-order valence-electron chi connectivity index (χ0n) is 18.0. The Morgan fingerprint density at radius 3 is 2.29 bits per heavy atom. The summed E-state index contributed by atoms with van der Waals surface area (Å²) in [5.41, 5.74) is 0.915. The Morgan fingerprint density at radius 2 is 1.68 bits per heavy atom. The molecule has 2 aromatic rings. The van der Waals surface area contributed by atoms with Crippen LogP contribution in [-0.2, 0) is 16.1 Å². The van der Waals surface area contributed by atoms with Crippen LogP contribution in [0, 0.1) is 0 Å². The largest absolute Gasteiger partial charge is 0.497 e. The van der Waals surface area contributed by atoms with E-state index in [1.54, 1.807) is 31.1 Å². The predicted molar refractivity (Wildman–Crippen MR) is 123 cm³/mol. The van der Waals surface area contributed by atoms with E-state index in [-0.39, 0.29) is 24.5 Å². The van der Waals surface area contributed by atoms with Crippen molar-refractivity contribution < 1.29 is 19.1 Å². The number of carbonyl (C=O) groups is 2. The molecule has 31 heavy (non-hydrogen) atoms. The van der Waals surface area contributed by atoms with Gasteiger partial charge in [-0.05, 0) is 61.7 Å². The molecule has 166 valence electrons. The Morgan fingerprint density at radius 1 is 1.06 bits per heavy atom. The van der Waals surface area contributed by atoms with Crippen LogP contribution in [0.25, 0.3) is 0 Å². The average Bonchev–Trinajstić information content (AvgIpc) is 3.30. The van der Waals surface area contributed by atoms with Crippen molar-refractivity contribution in [3.05, 3.63) is 58.6 Å². The van der Waals surface area contributed by atoms with Crippen LogP contribution >= 0.6 is 15.9 Å². The van der Waals surface area contributed by atoms with Crippen LogP contribution in [0.1, 0.15) is 38.2 Å². The molecule has 2 aromatic carbocycles. The Hall–Kier alpha value is -2.54. The van der Waals surface area contributed by atoms with Crippen molar-refractivity contribution in [3.8, 4) is 11.5 Å². The minimum Gasteiger partial charge on any atom is -0.497 e. The summed E-state index contributed by atoms with van der Waals surface area (Å²) >= 11 is 3.38. The lowest BCUT2D eigenvalue weighted by Crippen LogP contribution is -2.50. The van der Waals surface area contributed by atoms with E-state index in [4.69, 9.17) is 9.47 Å². The van der Waals surface area contributed by atoms with Gasteiger partial charge in [0, 0.05) is 17.1 Å². The van der Waals surface area contributed by atoms with E-state index in [9.17, 15) is 9.59 Å². The summed E-state index contributed by atoms with van der Waals surface area (Å²) in [6.07, 6.45) is 4.26. The highest BCUT2D eigenvalue weighted by Gasteiger charge is 2.28. The molecule has 7 heteroatoms. The van der Waals surface area contributed by atoms with E-state index in [1.807, 2.05) is 36.4 Å². The molecule has 0 saturated heterocycles. The summed E-state index contributed by atoms with van der Waals surface area (Å²) in [6.45, 7) is 1.94. The second kappa shape index (κ2) is 11.2. The molecule has 1 N–H and O–H groups in total. The van der Waals surface area contributed by atoms with Crippen LogP contribution in [0.3, 0.4) is 0 Å². The Kier molecular flexibility index (Phi) is 8.35. The lowest BCUT2D eigenvalue weighted by Gasteiger charge is -2.29. The van der Waals surface area contributed by atoms with Gasteiger partial charge in [0.05, 0.1) is 7.11 Å². The zero-order valence-corrected chi connectivity index (χ0v) is 19.6. The van der Waals surface area contributed by atoms with Gasteiger partial charge in [-0.2, -0.15) is 0 Å². The van der Waals surface area contributed by atoms with Crippen molar-refractivity contribution in [2.45, 2.75) is 51.2 Å². The van der Waals surface area contributed by atoms with Crippen molar-refractivity contribution in [2.24, 2.45) is 0 Å².